The van der Waals surface area contributed by atoms with E-state index in [9.17, 15) is 20.2 Å². The summed E-state index contributed by atoms with van der Waals surface area (Å²) in [5.41, 5.74) is 1.17. The molecule has 0 aliphatic rings. The Kier molecular flexibility index (Phi) is 7.39. The normalized spacial score (nSPS) is 11.4. The molecule has 0 aliphatic heterocycles. The average Bonchev–Trinajstić information content (AvgIpc) is 2.83. The van der Waals surface area contributed by atoms with Gasteiger partial charge in [0.15, 0.2) is 0 Å². The number of halogens is 2. The molecule has 0 heterocycles. The quantitative estimate of drug-likeness (QED) is 0.213. The Hall–Kier alpha value is -4.50. The zero-order chi connectivity index (χ0) is 24.8. The van der Waals surface area contributed by atoms with Crippen molar-refractivity contribution >= 4 is 56.8 Å². The topological polar surface area (TPSA) is 134 Å². The highest BCUT2D eigenvalue weighted by Gasteiger charge is 2.18. The summed E-state index contributed by atoms with van der Waals surface area (Å²) >= 11 is 12.7. The fraction of sp³-hybridized carbons (Fsp3) is 0. The highest BCUT2D eigenvalue weighted by Crippen LogP contribution is 2.33. The minimum Gasteiger partial charge on any atom is -0.258 e. The summed E-state index contributed by atoms with van der Waals surface area (Å²) in [6.07, 6.45) is 3.04. The third-order valence-electron chi connectivity index (χ3n) is 4.66. The predicted octanol–water partition coefficient (Wildman–Crippen LogP) is 6.72. The number of hydrogen-bond donors (Lipinski definition) is 0. The SMILES string of the molecule is N#Cc1ccc(/C(Cl)=C\c2cccc(/C=C(/Cl)c3ccc(C#N)cc3[N+](=O)[O-])c2)c([N+](=O)[O-])c1. The Morgan fingerprint density at radius 3 is 1.50 bits per heavy atom. The van der Waals surface area contributed by atoms with E-state index in [-0.39, 0.29) is 43.7 Å². The number of rotatable bonds is 6. The van der Waals surface area contributed by atoms with Gasteiger partial charge >= 0.3 is 0 Å². The van der Waals surface area contributed by atoms with Crippen molar-refractivity contribution in [1.82, 2.24) is 0 Å². The fourth-order valence-corrected chi connectivity index (χ4v) is 3.67. The molecule has 0 saturated heterocycles. The summed E-state index contributed by atoms with van der Waals surface area (Å²) in [5, 5.41) is 40.9. The molecule has 3 aromatic carbocycles. The number of nitrogens with zero attached hydrogens (tertiary/aromatic N) is 4. The molecule has 0 spiro atoms. The molecule has 3 aromatic rings. The van der Waals surface area contributed by atoms with Crippen molar-refractivity contribution in [3.05, 3.63) is 114 Å². The van der Waals surface area contributed by atoms with Gasteiger partial charge in [0.05, 0.1) is 54.3 Å². The van der Waals surface area contributed by atoms with Gasteiger partial charge in [0.2, 0.25) is 0 Å². The maximum absolute atomic E-state index is 11.4. The molecule has 10 heteroatoms. The van der Waals surface area contributed by atoms with E-state index >= 15 is 0 Å². The van der Waals surface area contributed by atoms with Crippen molar-refractivity contribution in [3.8, 4) is 12.1 Å². The average molecular weight is 491 g/mol. The van der Waals surface area contributed by atoms with E-state index in [4.69, 9.17) is 33.7 Å². The van der Waals surface area contributed by atoms with Crippen LogP contribution in [0.2, 0.25) is 0 Å². The molecule has 0 amide bonds. The third-order valence-corrected chi connectivity index (χ3v) is 5.28. The van der Waals surface area contributed by atoms with Gasteiger partial charge in [0.25, 0.3) is 11.4 Å². The van der Waals surface area contributed by atoms with Crippen molar-refractivity contribution in [2.75, 3.05) is 0 Å². The first-order chi connectivity index (χ1) is 16.2. The number of nitro groups is 2. The molecule has 0 radical (unpaired) electrons. The van der Waals surface area contributed by atoms with Crippen LogP contribution in [0.1, 0.15) is 33.4 Å². The summed E-state index contributed by atoms with van der Waals surface area (Å²) in [6, 6.07) is 18.5. The molecule has 0 fully saturated rings. The lowest BCUT2D eigenvalue weighted by molar-refractivity contribution is -0.385. The summed E-state index contributed by atoms with van der Waals surface area (Å²) < 4.78 is 0. The van der Waals surface area contributed by atoms with Crippen molar-refractivity contribution in [3.63, 3.8) is 0 Å². The van der Waals surface area contributed by atoms with Crippen molar-refractivity contribution < 1.29 is 9.85 Å². The van der Waals surface area contributed by atoms with Gasteiger partial charge in [0.1, 0.15) is 0 Å². The van der Waals surface area contributed by atoms with Crippen LogP contribution in [0.15, 0.2) is 60.7 Å². The van der Waals surface area contributed by atoms with E-state index in [1.807, 2.05) is 12.1 Å². The molecule has 0 unspecified atom stereocenters. The number of nitriles is 2. The van der Waals surface area contributed by atoms with E-state index in [0.29, 0.717) is 11.1 Å². The first kappa shape index (κ1) is 24.1. The van der Waals surface area contributed by atoms with Gasteiger partial charge < -0.3 is 0 Å². The highest BCUT2D eigenvalue weighted by atomic mass is 35.5. The highest BCUT2D eigenvalue weighted by molar-refractivity contribution is 6.52. The summed E-state index contributed by atoms with van der Waals surface area (Å²) in [5.74, 6) is 0. The van der Waals surface area contributed by atoms with Gasteiger partial charge in [-0.3, -0.25) is 20.2 Å². The number of hydrogen-bond acceptors (Lipinski definition) is 6. The second-order valence-corrected chi connectivity index (χ2v) is 7.67. The molecule has 3 rings (SSSR count). The minimum atomic E-state index is -0.615. The number of benzene rings is 3. The molecule has 0 aromatic heterocycles. The van der Waals surface area contributed by atoms with Crippen LogP contribution in [0, 0.1) is 42.9 Å². The molecular formula is C24H12Cl2N4O4. The molecule has 0 aliphatic carbocycles. The van der Waals surface area contributed by atoms with Gasteiger partial charge in [-0.2, -0.15) is 10.5 Å². The largest absolute Gasteiger partial charge is 0.279 e. The van der Waals surface area contributed by atoms with Gasteiger partial charge in [-0.05, 0) is 53.6 Å². The van der Waals surface area contributed by atoms with Crippen LogP contribution in [0.4, 0.5) is 11.4 Å². The zero-order valence-electron chi connectivity index (χ0n) is 17.1. The molecule has 0 saturated carbocycles. The van der Waals surface area contributed by atoms with E-state index in [1.165, 1.54) is 36.4 Å². The molecule has 0 atom stereocenters. The van der Waals surface area contributed by atoms with Gasteiger partial charge in [-0.15, -0.1) is 0 Å². The van der Waals surface area contributed by atoms with Gasteiger partial charge in [0, 0.05) is 12.1 Å². The van der Waals surface area contributed by atoms with Crippen LogP contribution in [-0.4, -0.2) is 9.85 Å². The van der Waals surface area contributed by atoms with Gasteiger partial charge in [-0.1, -0.05) is 41.4 Å². The van der Waals surface area contributed by atoms with Crippen LogP contribution in [0.3, 0.4) is 0 Å². The first-order valence-corrected chi connectivity index (χ1v) is 10.2. The second kappa shape index (κ2) is 10.4. The van der Waals surface area contributed by atoms with Crippen molar-refractivity contribution in [2.24, 2.45) is 0 Å². The van der Waals surface area contributed by atoms with Crippen LogP contribution >= 0.6 is 23.2 Å². The van der Waals surface area contributed by atoms with E-state index in [2.05, 4.69) is 0 Å². The first-order valence-electron chi connectivity index (χ1n) is 9.45. The van der Waals surface area contributed by atoms with E-state index < -0.39 is 9.85 Å². The van der Waals surface area contributed by atoms with E-state index in [0.717, 1.165) is 12.1 Å². The lowest BCUT2D eigenvalue weighted by Crippen LogP contribution is -1.94. The van der Waals surface area contributed by atoms with Crippen LogP contribution in [0.25, 0.3) is 22.2 Å². The second-order valence-electron chi connectivity index (χ2n) is 6.86. The Balaban J connectivity index is 1.99. The Morgan fingerprint density at radius 2 is 1.15 bits per heavy atom. The van der Waals surface area contributed by atoms with Gasteiger partial charge in [-0.25, -0.2) is 0 Å². The minimum absolute atomic E-state index is 0.0890. The Bertz CT molecular complexity index is 1360. The third kappa shape index (κ3) is 5.45. The molecule has 8 nitrogen and oxygen atoms in total. The summed E-state index contributed by atoms with van der Waals surface area (Å²) in [6.45, 7) is 0. The van der Waals surface area contributed by atoms with E-state index in [1.54, 1.807) is 24.3 Å². The molecule has 0 bridgehead atoms. The smallest absolute Gasteiger partial charge is 0.258 e. The fourth-order valence-electron chi connectivity index (χ4n) is 3.10. The zero-order valence-corrected chi connectivity index (χ0v) is 18.6. The standard InChI is InChI=1S/C24H12Cl2N4O4/c25-21(19-6-4-17(13-27)11-23(19)29(31)32)9-15-2-1-3-16(8-15)10-22(26)20-7-5-18(14-28)12-24(20)30(33)34/h1-12H/b21-9+,22-10+. The lowest BCUT2D eigenvalue weighted by Gasteiger charge is -2.05. The van der Waals surface area contributed by atoms with Crippen molar-refractivity contribution in [1.29, 1.82) is 10.5 Å². The summed E-state index contributed by atoms with van der Waals surface area (Å²) in [7, 11) is 0. The molecule has 0 N–H and O–H groups in total. The summed E-state index contributed by atoms with van der Waals surface area (Å²) in [4.78, 5) is 21.6. The molecule has 34 heavy (non-hydrogen) atoms. The molecular weight excluding hydrogens is 479 g/mol. The predicted molar refractivity (Wildman–Crippen MR) is 130 cm³/mol. The van der Waals surface area contributed by atoms with Crippen LogP contribution in [0.5, 0.6) is 0 Å². The number of nitro benzene ring substituents is 2. The van der Waals surface area contributed by atoms with Crippen molar-refractivity contribution in [2.45, 2.75) is 0 Å². The Labute approximate surface area is 203 Å². The monoisotopic (exact) mass is 490 g/mol. The van der Waals surface area contributed by atoms with Crippen LogP contribution < -0.4 is 0 Å². The maximum atomic E-state index is 11.4. The maximum Gasteiger partial charge on any atom is 0.279 e. The molecule has 166 valence electrons. The van der Waals surface area contributed by atoms with Crippen LogP contribution in [-0.2, 0) is 0 Å². The Morgan fingerprint density at radius 1 is 0.735 bits per heavy atom. The lowest BCUT2D eigenvalue weighted by atomic mass is 10.0.